The molecule has 2 nitrogen and oxygen atoms in total. The standard InChI is InChI=1S/C31H33F3N2/c1-3-21-17-20(2)30(25-14-8-7-13-24(21)25)35-23-18-28(22-11-5-4-6-12-22)36-29(19-23)26-15-9-10-16-27(26)31(32,33)34/h7-10,13-16,18-19,21-22H,3-6,11-12,17H2,1-2H3,(H,35,36). The molecular formula is C31H33F3N2. The first-order valence-corrected chi connectivity index (χ1v) is 13.1. The lowest BCUT2D eigenvalue weighted by atomic mass is 9.80. The molecule has 0 radical (unpaired) electrons. The highest BCUT2D eigenvalue weighted by molar-refractivity contribution is 5.83. The molecule has 1 fully saturated rings. The van der Waals surface area contributed by atoms with Crippen molar-refractivity contribution in [2.45, 2.75) is 76.8 Å². The van der Waals surface area contributed by atoms with Crippen LogP contribution >= 0.6 is 0 Å². The van der Waals surface area contributed by atoms with Crippen LogP contribution < -0.4 is 5.32 Å². The summed E-state index contributed by atoms with van der Waals surface area (Å²) in [6.07, 6.45) is 3.13. The van der Waals surface area contributed by atoms with Gasteiger partial charge >= 0.3 is 6.18 Å². The summed E-state index contributed by atoms with van der Waals surface area (Å²) in [6.45, 7) is 4.38. The number of nitrogens with zero attached hydrogens (tertiary/aromatic N) is 1. The summed E-state index contributed by atoms with van der Waals surface area (Å²) in [5, 5.41) is 3.64. The summed E-state index contributed by atoms with van der Waals surface area (Å²) < 4.78 is 41.7. The van der Waals surface area contributed by atoms with Gasteiger partial charge in [-0.15, -0.1) is 0 Å². The fourth-order valence-corrected chi connectivity index (χ4v) is 5.90. The van der Waals surface area contributed by atoms with Crippen LogP contribution in [0.25, 0.3) is 17.0 Å². The molecule has 2 aliphatic rings. The number of pyridine rings is 1. The Labute approximate surface area is 211 Å². The van der Waals surface area contributed by atoms with Crippen molar-refractivity contribution in [1.82, 2.24) is 4.98 Å². The van der Waals surface area contributed by atoms with Crippen LogP contribution in [-0.4, -0.2) is 4.98 Å². The first-order valence-electron chi connectivity index (χ1n) is 13.1. The molecule has 1 saturated carbocycles. The lowest BCUT2D eigenvalue weighted by molar-refractivity contribution is -0.137. The second kappa shape index (κ2) is 10.1. The number of allylic oxidation sites excluding steroid dienone is 1. The fourth-order valence-electron chi connectivity index (χ4n) is 5.90. The predicted octanol–water partition coefficient (Wildman–Crippen LogP) is 9.56. The quantitative estimate of drug-likeness (QED) is 0.385. The predicted molar refractivity (Wildman–Crippen MR) is 141 cm³/mol. The molecule has 1 unspecified atom stereocenters. The Morgan fingerprint density at radius 1 is 0.917 bits per heavy atom. The van der Waals surface area contributed by atoms with Crippen molar-refractivity contribution in [3.63, 3.8) is 0 Å². The van der Waals surface area contributed by atoms with Gasteiger partial charge in [-0.05, 0) is 67.9 Å². The zero-order chi connectivity index (χ0) is 25.3. The molecule has 2 aromatic carbocycles. The van der Waals surface area contributed by atoms with E-state index in [1.165, 1.54) is 35.3 Å². The SMILES string of the molecule is CCC1CC(C)=C(Nc2cc(-c3ccccc3C(F)(F)F)nc(C3CCCCC3)c2)c2ccccc21. The Morgan fingerprint density at radius 2 is 1.61 bits per heavy atom. The highest BCUT2D eigenvalue weighted by Crippen LogP contribution is 2.42. The molecule has 1 heterocycles. The second-order valence-electron chi connectivity index (χ2n) is 10.2. The van der Waals surface area contributed by atoms with Crippen LogP contribution in [0, 0.1) is 0 Å². The molecule has 5 rings (SSSR count). The normalized spacial score (nSPS) is 18.8. The Morgan fingerprint density at radius 3 is 2.33 bits per heavy atom. The van der Waals surface area contributed by atoms with E-state index >= 15 is 0 Å². The minimum absolute atomic E-state index is 0.131. The van der Waals surface area contributed by atoms with Crippen molar-refractivity contribution in [2.75, 3.05) is 5.32 Å². The number of nitrogens with one attached hydrogen (secondary N) is 1. The molecule has 1 N–H and O–H groups in total. The summed E-state index contributed by atoms with van der Waals surface area (Å²) in [4.78, 5) is 4.83. The average molecular weight is 491 g/mol. The van der Waals surface area contributed by atoms with Gasteiger partial charge in [0.25, 0.3) is 0 Å². The molecule has 0 bridgehead atoms. The highest BCUT2D eigenvalue weighted by atomic mass is 19.4. The number of fused-ring (bicyclic) bond motifs is 1. The molecule has 0 spiro atoms. The number of alkyl halides is 3. The van der Waals surface area contributed by atoms with Gasteiger partial charge in [0.2, 0.25) is 0 Å². The molecule has 2 aliphatic carbocycles. The number of hydrogen-bond donors (Lipinski definition) is 1. The van der Waals surface area contributed by atoms with Crippen LogP contribution in [-0.2, 0) is 6.18 Å². The van der Waals surface area contributed by atoms with Crippen LogP contribution in [0.3, 0.4) is 0 Å². The number of aromatic nitrogens is 1. The van der Waals surface area contributed by atoms with Crippen LogP contribution in [0.1, 0.15) is 93.0 Å². The minimum Gasteiger partial charge on any atom is -0.355 e. The van der Waals surface area contributed by atoms with Gasteiger partial charge in [0, 0.05) is 34.1 Å². The molecule has 1 aromatic heterocycles. The van der Waals surface area contributed by atoms with Gasteiger partial charge < -0.3 is 5.32 Å². The van der Waals surface area contributed by atoms with Crippen LogP contribution in [0.2, 0.25) is 0 Å². The zero-order valence-electron chi connectivity index (χ0n) is 21.0. The third-order valence-corrected chi connectivity index (χ3v) is 7.79. The number of rotatable bonds is 5. The lowest BCUT2D eigenvalue weighted by Gasteiger charge is -2.29. The van der Waals surface area contributed by atoms with Crippen molar-refractivity contribution in [3.8, 4) is 11.3 Å². The van der Waals surface area contributed by atoms with Crippen molar-refractivity contribution < 1.29 is 13.2 Å². The topological polar surface area (TPSA) is 24.9 Å². The lowest BCUT2D eigenvalue weighted by Crippen LogP contribution is -2.15. The van der Waals surface area contributed by atoms with Gasteiger partial charge in [-0.25, -0.2) is 0 Å². The smallest absolute Gasteiger partial charge is 0.355 e. The molecule has 188 valence electrons. The Balaban J connectivity index is 1.61. The number of anilines is 1. The van der Waals surface area contributed by atoms with Gasteiger partial charge in [-0.3, -0.25) is 4.98 Å². The molecule has 36 heavy (non-hydrogen) atoms. The Hall–Kier alpha value is -3.08. The molecule has 0 aliphatic heterocycles. The second-order valence-corrected chi connectivity index (χ2v) is 10.2. The van der Waals surface area contributed by atoms with E-state index in [1.807, 2.05) is 0 Å². The summed E-state index contributed by atoms with van der Waals surface area (Å²) in [7, 11) is 0. The molecule has 3 aromatic rings. The Bertz CT molecular complexity index is 1270. The molecule has 1 atom stereocenters. The van der Waals surface area contributed by atoms with Crippen LogP contribution in [0.5, 0.6) is 0 Å². The minimum atomic E-state index is -4.44. The first-order chi connectivity index (χ1) is 17.3. The summed E-state index contributed by atoms with van der Waals surface area (Å²) >= 11 is 0. The summed E-state index contributed by atoms with van der Waals surface area (Å²) in [5.41, 5.74) is 6.40. The first kappa shape index (κ1) is 24.6. The van der Waals surface area contributed by atoms with Gasteiger partial charge in [0.15, 0.2) is 0 Å². The molecule has 0 saturated heterocycles. The van der Waals surface area contributed by atoms with Crippen molar-refractivity contribution in [1.29, 1.82) is 0 Å². The van der Waals surface area contributed by atoms with E-state index in [0.29, 0.717) is 11.6 Å². The maximum atomic E-state index is 13.9. The van der Waals surface area contributed by atoms with Crippen LogP contribution in [0.4, 0.5) is 18.9 Å². The van der Waals surface area contributed by atoms with Crippen molar-refractivity contribution in [2.24, 2.45) is 0 Å². The highest BCUT2D eigenvalue weighted by Gasteiger charge is 2.34. The van der Waals surface area contributed by atoms with E-state index in [-0.39, 0.29) is 11.5 Å². The molecular weight excluding hydrogens is 457 g/mol. The average Bonchev–Trinajstić information content (AvgIpc) is 2.90. The maximum Gasteiger partial charge on any atom is 0.417 e. The summed E-state index contributed by atoms with van der Waals surface area (Å²) in [6, 6.07) is 18.1. The third-order valence-electron chi connectivity index (χ3n) is 7.79. The number of hydrogen-bond acceptors (Lipinski definition) is 2. The van der Waals surface area contributed by atoms with E-state index in [4.69, 9.17) is 4.98 Å². The molecule has 0 amide bonds. The fraction of sp³-hybridized carbons (Fsp3) is 0.387. The van der Waals surface area contributed by atoms with Gasteiger partial charge in [0.1, 0.15) is 0 Å². The van der Waals surface area contributed by atoms with E-state index < -0.39 is 11.7 Å². The van der Waals surface area contributed by atoms with Gasteiger partial charge in [-0.2, -0.15) is 13.2 Å². The zero-order valence-corrected chi connectivity index (χ0v) is 21.0. The van der Waals surface area contributed by atoms with E-state index in [9.17, 15) is 13.2 Å². The number of halogens is 3. The van der Waals surface area contributed by atoms with E-state index in [2.05, 4.69) is 49.5 Å². The van der Waals surface area contributed by atoms with Gasteiger partial charge in [0.05, 0.1) is 11.3 Å². The molecule has 5 heteroatoms. The monoisotopic (exact) mass is 490 g/mol. The maximum absolute atomic E-state index is 13.9. The van der Waals surface area contributed by atoms with Crippen molar-refractivity contribution in [3.05, 3.63) is 88.6 Å². The van der Waals surface area contributed by atoms with Gasteiger partial charge in [-0.1, -0.05) is 68.7 Å². The Kier molecular flexibility index (Phi) is 6.92. The van der Waals surface area contributed by atoms with E-state index in [1.54, 1.807) is 12.1 Å². The third kappa shape index (κ3) is 4.93. The largest absolute Gasteiger partial charge is 0.417 e. The van der Waals surface area contributed by atoms with Crippen LogP contribution in [0.15, 0.2) is 66.2 Å². The van der Waals surface area contributed by atoms with E-state index in [0.717, 1.165) is 61.7 Å². The van der Waals surface area contributed by atoms with Crippen molar-refractivity contribution >= 4 is 11.4 Å². The number of benzene rings is 2. The summed E-state index contributed by atoms with van der Waals surface area (Å²) in [5.74, 6) is 0.756.